The SMILES string of the molecule is Cc1cc(Br)ccc1NC(=O)CN(C)CC(O)COCc1ccccc1. The second-order valence-corrected chi connectivity index (χ2v) is 7.27. The number of nitrogens with zero attached hydrogens (tertiary/aromatic N) is 1. The number of aliphatic hydroxyl groups excluding tert-OH is 1. The molecule has 2 aromatic rings. The number of hydrogen-bond donors (Lipinski definition) is 2. The van der Waals surface area contributed by atoms with Crippen LogP contribution in [0.5, 0.6) is 0 Å². The molecule has 1 atom stereocenters. The van der Waals surface area contributed by atoms with Crippen molar-refractivity contribution in [2.45, 2.75) is 19.6 Å². The number of carbonyl (C=O) groups is 1. The molecular formula is C20H25BrN2O3. The minimum absolute atomic E-state index is 0.115. The Kier molecular flexibility index (Phi) is 8.25. The van der Waals surface area contributed by atoms with Crippen LogP contribution in [0.15, 0.2) is 53.0 Å². The van der Waals surface area contributed by atoms with Gasteiger partial charge in [0.15, 0.2) is 0 Å². The van der Waals surface area contributed by atoms with E-state index in [0.29, 0.717) is 13.2 Å². The summed E-state index contributed by atoms with van der Waals surface area (Å²) in [6, 6.07) is 15.5. The molecule has 0 saturated carbocycles. The van der Waals surface area contributed by atoms with Crippen molar-refractivity contribution in [1.29, 1.82) is 0 Å². The number of carbonyl (C=O) groups excluding carboxylic acids is 1. The molecule has 0 heterocycles. The number of rotatable bonds is 9. The van der Waals surface area contributed by atoms with E-state index in [1.165, 1.54) is 0 Å². The Bertz CT molecular complexity index is 709. The lowest BCUT2D eigenvalue weighted by atomic mass is 10.2. The number of nitrogens with one attached hydrogen (secondary N) is 1. The molecule has 0 aliphatic heterocycles. The number of ether oxygens (including phenoxy) is 1. The third-order valence-electron chi connectivity index (χ3n) is 3.82. The summed E-state index contributed by atoms with van der Waals surface area (Å²) in [4.78, 5) is 13.9. The lowest BCUT2D eigenvalue weighted by molar-refractivity contribution is -0.117. The van der Waals surface area contributed by atoms with E-state index in [4.69, 9.17) is 4.74 Å². The van der Waals surface area contributed by atoms with Crippen LogP contribution in [-0.4, -0.2) is 48.8 Å². The minimum atomic E-state index is -0.647. The van der Waals surface area contributed by atoms with E-state index < -0.39 is 6.10 Å². The van der Waals surface area contributed by atoms with Gasteiger partial charge in [0.05, 0.1) is 25.9 Å². The van der Waals surface area contributed by atoms with Crippen LogP contribution in [0.4, 0.5) is 5.69 Å². The Hall–Kier alpha value is -1.73. The maximum atomic E-state index is 12.2. The van der Waals surface area contributed by atoms with Crippen molar-refractivity contribution in [3.8, 4) is 0 Å². The summed E-state index contributed by atoms with van der Waals surface area (Å²) in [6.07, 6.45) is -0.647. The van der Waals surface area contributed by atoms with Gasteiger partial charge in [-0.3, -0.25) is 9.69 Å². The van der Waals surface area contributed by atoms with Crippen LogP contribution >= 0.6 is 15.9 Å². The van der Waals surface area contributed by atoms with Gasteiger partial charge in [-0.1, -0.05) is 46.3 Å². The lowest BCUT2D eigenvalue weighted by Gasteiger charge is -2.20. The van der Waals surface area contributed by atoms with Gasteiger partial charge in [-0.2, -0.15) is 0 Å². The molecule has 0 bridgehead atoms. The van der Waals surface area contributed by atoms with Crippen LogP contribution in [0.3, 0.4) is 0 Å². The molecule has 2 N–H and O–H groups in total. The standard InChI is InChI=1S/C20H25BrN2O3/c1-15-10-17(21)8-9-19(15)22-20(25)12-23(2)11-18(24)14-26-13-16-6-4-3-5-7-16/h3-10,18,24H,11-14H2,1-2H3,(H,22,25). The van der Waals surface area contributed by atoms with Crippen LogP contribution in [0.1, 0.15) is 11.1 Å². The predicted molar refractivity (Wildman–Crippen MR) is 107 cm³/mol. The molecule has 0 aliphatic rings. The highest BCUT2D eigenvalue weighted by molar-refractivity contribution is 9.10. The summed E-state index contributed by atoms with van der Waals surface area (Å²) in [5.74, 6) is -0.115. The zero-order valence-corrected chi connectivity index (χ0v) is 16.7. The van der Waals surface area contributed by atoms with Crippen molar-refractivity contribution >= 4 is 27.5 Å². The van der Waals surface area contributed by atoms with E-state index in [0.717, 1.165) is 21.3 Å². The first-order valence-corrected chi connectivity index (χ1v) is 9.27. The summed E-state index contributed by atoms with van der Waals surface area (Å²) in [7, 11) is 1.80. The summed E-state index contributed by atoms with van der Waals surface area (Å²) in [5.41, 5.74) is 2.85. The molecule has 0 radical (unpaired) electrons. The van der Waals surface area contributed by atoms with E-state index in [9.17, 15) is 9.90 Å². The average Bonchev–Trinajstić information content (AvgIpc) is 2.58. The molecular weight excluding hydrogens is 396 g/mol. The van der Waals surface area contributed by atoms with Gasteiger partial charge in [-0.15, -0.1) is 0 Å². The number of amides is 1. The first kappa shape index (κ1) is 20.6. The Morgan fingerprint density at radius 3 is 2.69 bits per heavy atom. The number of hydrogen-bond acceptors (Lipinski definition) is 4. The zero-order chi connectivity index (χ0) is 18.9. The number of aryl methyl sites for hydroxylation is 1. The Morgan fingerprint density at radius 2 is 2.00 bits per heavy atom. The van der Waals surface area contributed by atoms with Crippen LogP contribution in [0.25, 0.3) is 0 Å². The van der Waals surface area contributed by atoms with E-state index in [-0.39, 0.29) is 19.1 Å². The topological polar surface area (TPSA) is 61.8 Å². The van der Waals surface area contributed by atoms with Crippen LogP contribution in [0.2, 0.25) is 0 Å². The van der Waals surface area contributed by atoms with Gasteiger partial charge in [-0.25, -0.2) is 0 Å². The fourth-order valence-electron chi connectivity index (χ4n) is 2.57. The number of anilines is 1. The van der Waals surface area contributed by atoms with E-state index in [2.05, 4.69) is 21.2 Å². The van der Waals surface area contributed by atoms with E-state index in [1.807, 2.05) is 55.5 Å². The predicted octanol–water partition coefficient (Wildman–Crippen LogP) is 3.21. The fraction of sp³-hybridized carbons (Fsp3) is 0.350. The van der Waals surface area contributed by atoms with Gasteiger partial charge >= 0.3 is 0 Å². The highest BCUT2D eigenvalue weighted by Gasteiger charge is 2.13. The number of aliphatic hydroxyl groups is 1. The molecule has 1 amide bonds. The van der Waals surface area contributed by atoms with E-state index in [1.54, 1.807) is 11.9 Å². The number of likely N-dealkylation sites (N-methyl/N-ethyl adjacent to an activating group) is 1. The average molecular weight is 421 g/mol. The summed E-state index contributed by atoms with van der Waals surface area (Å²) in [6.45, 7) is 3.20. The van der Waals surface area contributed by atoms with Crippen molar-refractivity contribution in [1.82, 2.24) is 4.90 Å². The van der Waals surface area contributed by atoms with Crippen molar-refractivity contribution in [2.24, 2.45) is 0 Å². The molecule has 0 aromatic heterocycles. The van der Waals surface area contributed by atoms with Gasteiger partial charge in [0.1, 0.15) is 0 Å². The fourth-order valence-corrected chi connectivity index (χ4v) is 3.04. The lowest BCUT2D eigenvalue weighted by Crippen LogP contribution is -2.37. The molecule has 5 nitrogen and oxygen atoms in total. The molecule has 1 unspecified atom stereocenters. The van der Waals surface area contributed by atoms with Crippen molar-refractivity contribution < 1.29 is 14.6 Å². The maximum absolute atomic E-state index is 12.2. The van der Waals surface area contributed by atoms with Crippen molar-refractivity contribution in [3.63, 3.8) is 0 Å². The van der Waals surface area contributed by atoms with Crippen LogP contribution < -0.4 is 5.32 Å². The monoisotopic (exact) mass is 420 g/mol. The molecule has 26 heavy (non-hydrogen) atoms. The highest BCUT2D eigenvalue weighted by atomic mass is 79.9. The molecule has 2 aromatic carbocycles. The molecule has 6 heteroatoms. The molecule has 0 saturated heterocycles. The molecule has 140 valence electrons. The smallest absolute Gasteiger partial charge is 0.238 e. The first-order chi connectivity index (χ1) is 12.4. The highest BCUT2D eigenvalue weighted by Crippen LogP contribution is 2.19. The Labute approximate surface area is 163 Å². The molecule has 0 spiro atoms. The Balaban J connectivity index is 1.69. The zero-order valence-electron chi connectivity index (χ0n) is 15.1. The van der Waals surface area contributed by atoms with Gasteiger partial charge < -0.3 is 15.2 Å². The quantitative estimate of drug-likeness (QED) is 0.653. The van der Waals surface area contributed by atoms with Gasteiger partial charge in [-0.05, 0) is 43.3 Å². The summed E-state index contributed by atoms with van der Waals surface area (Å²) in [5, 5.41) is 13.0. The van der Waals surface area contributed by atoms with Gasteiger partial charge in [0.2, 0.25) is 5.91 Å². The van der Waals surface area contributed by atoms with Crippen LogP contribution in [-0.2, 0) is 16.1 Å². The summed E-state index contributed by atoms with van der Waals surface area (Å²) >= 11 is 3.40. The van der Waals surface area contributed by atoms with Crippen molar-refractivity contribution in [3.05, 3.63) is 64.1 Å². The number of halogens is 1. The van der Waals surface area contributed by atoms with Crippen LogP contribution in [0, 0.1) is 6.92 Å². The van der Waals surface area contributed by atoms with E-state index >= 15 is 0 Å². The Morgan fingerprint density at radius 1 is 1.27 bits per heavy atom. The van der Waals surface area contributed by atoms with Gasteiger partial charge in [0, 0.05) is 16.7 Å². The first-order valence-electron chi connectivity index (χ1n) is 8.48. The van der Waals surface area contributed by atoms with Crippen molar-refractivity contribution in [2.75, 3.05) is 32.1 Å². The largest absolute Gasteiger partial charge is 0.389 e. The molecule has 2 rings (SSSR count). The normalized spacial score (nSPS) is 12.2. The minimum Gasteiger partial charge on any atom is -0.389 e. The molecule has 0 aliphatic carbocycles. The second kappa shape index (κ2) is 10.4. The second-order valence-electron chi connectivity index (χ2n) is 6.36. The number of benzene rings is 2. The maximum Gasteiger partial charge on any atom is 0.238 e. The third-order valence-corrected chi connectivity index (χ3v) is 4.31. The molecule has 0 fully saturated rings. The summed E-state index contributed by atoms with van der Waals surface area (Å²) < 4.78 is 6.50. The van der Waals surface area contributed by atoms with Gasteiger partial charge in [0.25, 0.3) is 0 Å². The third kappa shape index (κ3) is 7.25.